The van der Waals surface area contributed by atoms with E-state index in [-0.39, 0.29) is 10.6 Å². The molecule has 1 aromatic heterocycles. The van der Waals surface area contributed by atoms with Crippen molar-refractivity contribution in [2.24, 2.45) is 5.73 Å². The van der Waals surface area contributed by atoms with Gasteiger partial charge >= 0.3 is 0 Å². The van der Waals surface area contributed by atoms with E-state index in [1.54, 1.807) is 24.7 Å². The maximum Gasteiger partial charge on any atom is 0.277 e. The Morgan fingerprint density at radius 1 is 1.17 bits per heavy atom. The molecule has 0 aliphatic rings. The molecule has 0 bridgehead atoms. The van der Waals surface area contributed by atoms with Crippen molar-refractivity contribution < 1.29 is 4.92 Å². The summed E-state index contributed by atoms with van der Waals surface area (Å²) in [6, 6.07) is 12.9. The Morgan fingerprint density at radius 3 is 2.71 bits per heavy atom. The highest BCUT2D eigenvalue weighted by atomic mass is 16.6. The summed E-state index contributed by atoms with van der Waals surface area (Å²) in [7, 11) is 0. The van der Waals surface area contributed by atoms with Crippen molar-refractivity contribution >= 4 is 5.69 Å². The van der Waals surface area contributed by atoms with Crippen LogP contribution in [0.1, 0.15) is 11.1 Å². The highest BCUT2D eigenvalue weighted by molar-refractivity contribution is 5.76. The van der Waals surface area contributed by atoms with Crippen LogP contribution in [-0.2, 0) is 13.0 Å². The normalized spacial score (nSPS) is 10.7. The molecule has 3 rings (SSSR count). The van der Waals surface area contributed by atoms with Crippen LogP contribution >= 0.6 is 0 Å². The van der Waals surface area contributed by atoms with Gasteiger partial charge in [0.05, 0.1) is 16.8 Å². The smallest absolute Gasteiger partial charge is 0.277 e. The lowest BCUT2D eigenvalue weighted by atomic mass is 9.95. The third-order valence-corrected chi connectivity index (χ3v) is 3.90. The predicted octanol–water partition coefficient (Wildman–Crippen LogP) is 3.01. The van der Waals surface area contributed by atoms with E-state index in [0.29, 0.717) is 25.1 Å². The van der Waals surface area contributed by atoms with Gasteiger partial charge in [-0.1, -0.05) is 30.3 Å². The van der Waals surface area contributed by atoms with Crippen LogP contribution in [0.5, 0.6) is 0 Å². The number of nitrogens with two attached hydrogens (primary N) is 1. The van der Waals surface area contributed by atoms with Crippen LogP contribution in [-0.4, -0.2) is 21.0 Å². The first-order valence-corrected chi connectivity index (χ1v) is 7.70. The van der Waals surface area contributed by atoms with Crippen molar-refractivity contribution in [3.8, 4) is 11.1 Å². The maximum absolute atomic E-state index is 11.5. The lowest BCUT2D eigenvalue weighted by Crippen LogP contribution is -2.05. The predicted molar refractivity (Wildman–Crippen MR) is 92.6 cm³/mol. The number of nitro benzene ring substituents is 1. The first-order chi connectivity index (χ1) is 11.7. The van der Waals surface area contributed by atoms with E-state index >= 15 is 0 Å². The fourth-order valence-electron chi connectivity index (χ4n) is 2.80. The Balaban J connectivity index is 2.08. The lowest BCUT2D eigenvalue weighted by Gasteiger charge is -2.11. The molecule has 0 saturated heterocycles. The zero-order valence-corrected chi connectivity index (χ0v) is 13.1. The molecule has 1 heterocycles. The van der Waals surface area contributed by atoms with Crippen LogP contribution in [0, 0.1) is 10.1 Å². The molecule has 6 nitrogen and oxygen atoms in total. The van der Waals surface area contributed by atoms with Crippen molar-refractivity contribution in [2.75, 3.05) is 6.54 Å². The van der Waals surface area contributed by atoms with Gasteiger partial charge in [0.15, 0.2) is 0 Å². The zero-order chi connectivity index (χ0) is 16.9. The molecule has 122 valence electrons. The van der Waals surface area contributed by atoms with E-state index in [2.05, 4.69) is 4.98 Å². The van der Waals surface area contributed by atoms with E-state index in [9.17, 15) is 10.1 Å². The summed E-state index contributed by atoms with van der Waals surface area (Å²) < 4.78 is 1.93. The molecular formula is C18H18N4O2. The Morgan fingerprint density at radius 2 is 2.00 bits per heavy atom. The van der Waals surface area contributed by atoms with Gasteiger partial charge in [0, 0.05) is 25.0 Å². The summed E-state index contributed by atoms with van der Waals surface area (Å²) in [5.74, 6) is 0. The van der Waals surface area contributed by atoms with Crippen LogP contribution in [0.3, 0.4) is 0 Å². The summed E-state index contributed by atoms with van der Waals surface area (Å²) in [6.07, 6.45) is 5.98. The molecule has 0 spiro atoms. The second-order valence-electron chi connectivity index (χ2n) is 5.54. The first kappa shape index (κ1) is 15.9. The van der Waals surface area contributed by atoms with Gasteiger partial charge in [-0.3, -0.25) is 10.1 Å². The molecule has 0 saturated carbocycles. The van der Waals surface area contributed by atoms with E-state index in [0.717, 1.165) is 16.7 Å². The second kappa shape index (κ2) is 7.06. The van der Waals surface area contributed by atoms with Crippen LogP contribution in [0.4, 0.5) is 5.69 Å². The second-order valence-corrected chi connectivity index (χ2v) is 5.54. The quantitative estimate of drug-likeness (QED) is 0.558. The van der Waals surface area contributed by atoms with E-state index in [1.165, 1.54) is 0 Å². The Hall–Kier alpha value is -2.99. The SMILES string of the molecule is NCCc1ccccc1-c1cc(Cn2ccnc2)ccc1[N+](=O)[O-]. The molecule has 0 amide bonds. The number of aromatic nitrogens is 2. The summed E-state index contributed by atoms with van der Waals surface area (Å²) in [4.78, 5) is 15.1. The minimum absolute atomic E-state index is 0.105. The minimum atomic E-state index is -0.338. The number of nitro groups is 1. The average Bonchev–Trinajstić information content (AvgIpc) is 3.08. The Bertz CT molecular complexity index is 844. The molecule has 2 N–H and O–H groups in total. The largest absolute Gasteiger partial charge is 0.333 e. The zero-order valence-electron chi connectivity index (χ0n) is 13.1. The molecule has 6 heteroatoms. The van der Waals surface area contributed by atoms with E-state index in [4.69, 9.17) is 5.73 Å². The van der Waals surface area contributed by atoms with Gasteiger partial charge in [0.2, 0.25) is 0 Å². The Labute approximate surface area is 139 Å². The fraction of sp³-hybridized carbons (Fsp3) is 0.167. The summed E-state index contributed by atoms with van der Waals surface area (Å²) in [6.45, 7) is 1.11. The van der Waals surface area contributed by atoms with Gasteiger partial charge in [-0.25, -0.2) is 4.98 Å². The maximum atomic E-state index is 11.5. The van der Waals surface area contributed by atoms with Gasteiger partial charge in [0.25, 0.3) is 5.69 Å². The van der Waals surface area contributed by atoms with Crippen molar-refractivity contribution in [2.45, 2.75) is 13.0 Å². The van der Waals surface area contributed by atoms with Crippen molar-refractivity contribution in [3.63, 3.8) is 0 Å². The molecule has 3 aromatic rings. The molecule has 2 aromatic carbocycles. The molecule has 0 radical (unpaired) electrons. The van der Waals surface area contributed by atoms with Gasteiger partial charge in [-0.15, -0.1) is 0 Å². The number of hydrogen-bond donors (Lipinski definition) is 1. The molecule has 0 aliphatic heterocycles. The van der Waals surface area contributed by atoms with Gasteiger partial charge in [-0.05, 0) is 35.7 Å². The average molecular weight is 322 g/mol. The van der Waals surface area contributed by atoms with Gasteiger partial charge in [0.1, 0.15) is 0 Å². The van der Waals surface area contributed by atoms with Crippen LogP contribution in [0.2, 0.25) is 0 Å². The number of hydrogen-bond acceptors (Lipinski definition) is 4. The summed E-state index contributed by atoms with van der Waals surface area (Å²) in [5, 5.41) is 11.5. The highest BCUT2D eigenvalue weighted by Crippen LogP contribution is 2.33. The number of rotatable bonds is 6. The third kappa shape index (κ3) is 3.33. The van der Waals surface area contributed by atoms with Crippen LogP contribution in [0.15, 0.2) is 61.2 Å². The van der Waals surface area contributed by atoms with Gasteiger partial charge < -0.3 is 10.3 Å². The molecule has 0 fully saturated rings. The van der Waals surface area contributed by atoms with Crippen molar-refractivity contribution in [1.29, 1.82) is 0 Å². The first-order valence-electron chi connectivity index (χ1n) is 7.70. The molecule has 24 heavy (non-hydrogen) atoms. The molecule has 0 atom stereocenters. The van der Waals surface area contributed by atoms with Crippen molar-refractivity contribution in [3.05, 3.63) is 82.4 Å². The topological polar surface area (TPSA) is 87.0 Å². The highest BCUT2D eigenvalue weighted by Gasteiger charge is 2.18. The third-order valence-electron chi connectivity index (χ3n) is 3.90. The Kier molecular flexibility index (Phi) is 4.67. The molecule has 0 unspecified atom stereocenters. The molecule has 0 aliphatic carbocycles. The van der Waals surface area contributed by atoms with Gasteiger partial charge in [-0.2, -0.15) is 0 Å². The summed E-state index contributed by atoms with van der Waals surface area (Å²) in [5.41, 5.74) is 9.28. The number of imidazole rings is 1. The number of benzene rings is 2. The summed E-state index contributed by atoms with van der Waals surface area (Å²) >= 11 is 0. The minimum Gasteiger partial charge on any atom is -0.333 e. The van der Waals surface area contributed by atoms with Crippen molar-refractivity contribution in [1.82, 2.24) is 9.55 Å². The van der Waals surface area contributed by atoms with E-state index < -0.39 is 0 Å². The van der Waals surface area contributed by atoms with E-state index in [1.807, 2.05) is 41.1 Å². The monoisotopic (exact) mass is 322 g/mol. The standard InChI is InChI=1S/C18H18N4O2/c19-8-7-15-3-1-2-4-16(15)17-11-14(5-6-18(17)22(23)24)12-21-10-9-20-13-21/h1-6,9-11,13H,7-8,12,19H2. The number of nitrogens with zero attached hydrogens (tertiary/aromatic N) is 3. The van der Waals surface area contributed by atoms with Crippen LogP contribution < -0.4 is 5.73 Å². The van der Waals surface area contributed by atoms with Crippen LogP contribution in [0.25, 0.3) is 11.1 Å². The molecular weight excluding hydrogens is 304 g/mol. The fourth-order valence-corrected chi connectivity index (χ4v) is 2.80. The lowest BCUT2D eigenvalue weighted by molar-refractivity contribution is -0.384.